The van der Waals surface area contributed by atoms with Gasteiger partial charge in [0.15, 0.2) is 0 Å². The van der Waals surface area contributed by atoms with Gasteiger partial charge in [0.2, 0.25) is 0 Å². The second kappa shape index (κ2) is 8.83. The number of rotatable bonds is 9. The van der Waals surface area contributed by atoms with Gasteiger partial charge < -0.3 is 5.32 Å². The van der Waals surface area contributed by atoms with E-state index in [4.69, 9.17) is 0 Å². The zero-order chi connectivity index (χ0) is 14.9. The maximum absolute atomic E-state index is 4.38. The van der Waals surface area contributed by atoms with Gasteiger partial charge in [-0.05, 0) is 25.5 Å². The fourth-order valence-electron chi connectivity index (χ4n) is 2.52. The minimum Gasteiger partial charge on any atom is -0.383 e. The summed E-state index contributed by atoms with van der Waals surface area (Å²) in [5.74, 6) is 0. The van der Waals surface area contributed by atoms with E-state index in [-0.39, 0.29) is 0 Å². The number of thiazole rings is 1. The maximum atomic E-state index is 4.38. The SMILES string of the molecule is CCCCCCCC(C)Nc1cccc(-c2nccs2)c1. The van der Waals surface area contributed by atoms with Crippen molar-refractivity contribution in [1.82, 2.24) is 4.98 Å². The van der Waals surface area contributed by atoms with E-state index in [9.17, 15) is 0 Å². The molecule has 1 heterocycles. The number of benzene rings is 1. The molecule has 21 heavy (non-hydrogen) atoms. The molecule has 0 bridgehead atoms. The highest BCUT2D eigenvalue weighted by molar-refractivity contribution is 7.13. The zero-order valence-corrected chi connectivity index (χ0v) is 14.0. The summed E-state index contributed by atoms with van der Waals surface area (Å²) in [6.45, 7) is 4.54. The van der Waals surface area contributed by atoms with E-state index in [1.165, 1.54) is 49.8 Å². The first-order chi connectivity index (χ1) is 10.3. The fraction of sp³-hybridized carbons (Fsp3) is 0.500. The number of hydrogen-bond donors (Lipinski definition) is 1. The third-order valence-corrected chi connectivity index (χ3v) is 4.52. The summed E-state index contributed by atoms with van der Waals surface area (Å²) in [6.07, 6.45) is 9.85. The minimum atomic E-state index is 0.526. The summed E-state index contributed by atoms with van der Waals surface area (Å²) in [7, 11) is 0. The molecule has 2 nitrogen and oxygen atoms in total. The monoisotopic (exact) mass is 302 g/mol. The molecule has 0 saturated heterocycles. The van der Waals surface area contributed by atoms with Gasteiger partial charge in [-0.2, -0.15) is 0 Å². The molecule has 2 aromatic rings. The topological polar surface area (TPSA) is 24.9 Å². The third kappa shape index (κ3) is 5.50. The van der Waals surface area contributed by atoms with Gasteiger partial charge in [0.05, 0.1) is 0 Å². The Morgan fingerprint density at radius 1 is 1.19 bits per heavy atom. The number of nitrogens with one attached hydrogen (secondary N) is 1. The van der Waals surface area contributed by atoms with E-state index in [0.717, 1.165) is 5.01 Å². The van der Waals surface area contributed by atoms with Gasteiger partial charge in [-0.15, -0.1) is 11.3 Å². The van der Waals surface area contributed by atoms with E-state index < -0.39 is 0 Å². The summed E-state index contributed by atoms with van der Waals surface area (Å²) in [4.78, 5) is 4.38. The highest BCUT2D eigenvalue weighted by Gasteiger charge is 2.05. The summed E-state index contributed by atoms with van der Waals surface area (Å²) in [5, 5.41) is 6.72. The van der Waals surface area contributed by atoms with Gasteiger partial charge in [0.1, 0.15) is 5.01 Å². The molecule has 1 N–H and O–H groups in total. The van der Waals surface area contributed by atoms with Crippen LogP contribution in [0.15, 0.2) is 35.8 Å². The van der Waals surface area contributed by atoms with Crippen molar-refractivity contribution in [2.24, 2.45) is 0 Å². The van der Waals surface area contributed by atoms with Crippen LogP contribution in [0.2, 0.25) is 0 Å². The molecule has 3 heteroatoms. The molecule has 0 fully saturated rings. The Morgan fingerprint density at radius 2 is 2.05 bits per heavy atom. The fourth-order valence-corrected chi connectivity index (χ4v) is 3.15. The van der Waals surface area contributed by atoms with E-state index in [0.29, 0.717) is 6.04 Å². The maximum Gasteiger partial charge on any atom is 0.123 e. The third-order valence-electron chi connectivity index (χ3n) is 3.70. The van der Waals surface area contributed by atoms with Crippen LogP contribution in [0.1, 0.15) is 52.4 Å². The number of hydrogen-bond acceptors (Lipinski definition) is 3. The van der Waals surface area contributed by atoms with Crippen molar-refractivity contribution in [1.29, 1.82) is 0 Å². The quantitative estimate of drug-likeness (QED) is 0.577. The van der Waals surface area contributed by atoms with Crippen LogP contribution in [-0.2, 0) is 0 Å². The Bertz CT molecular complexity index is 508. The first kappa shape index (κ1) is 16.0. The Morgan fingerprint density at radius 3 is 2.81 bits per heavy atom. The highest BCUT2D eigenvalue weighted by Crippen LogP contribution is 2.25. The highest BCUT2D eigenvalue weighted by atomic mass is 32.1. The minimum absolute atomic E-state index is 0.526. The van der Waals surface area contributed by atoms with Crippen LogP contribution in [0.25, 0.3) is 10.6 Å². The molecule has 0 spiro atoms. The lowest BCUT2D eigenvalue weighted by atomic mass is 10.1. The average Bonchev–Trinajstić information content (AvgIpc) is 3.01. The van der Waals surface area contributed by atoms with Gasteiger partial charge in [-0.3, -0.25) is 0 Å². The normalized spacial score (nSPS) is 12.3. The van der Waals surface area contributed by atoms with Gasteiger partial charge in [-0.25, -0.2) is 4.98 Å². The standard InChI is InChI=1S/C18H26N2S/c1-3-4-5-6-7-9-15(2)20-17-11-8-10-16(14-17)18-19-12-13-21-18/h8,10-15,20H,3-7,9H2,1-2H3. The van der Waals surface area contributed by atoms with E-state index in [2.05, 4.69) is 48.4 Å². The predicted molar refractivity (Wildman–Crippen MR) is 94.0 cm³/mol. The lowest BCUT2D eigenvalue weighted by Crippen LogP contribution is -2.14. The smallest absolute Gasteiger partial charge is 0.123 e. The average molecular weight is 302 g/mol. The van der Waals surface area contributed by atoms with Crippen molar-refractivity contribution >= 4 is 17.0 Å². The molecule has 1 aromatic heterocycles. The number of aromatic nitrogens is 1. The molecule has 114 valence electrons. The largest absolute Gasteiger partial charge is 0.383 e. The Hall–Kier alpha value is -1.35. The zero-order valence-electron chi connectivity index (χ0n) is 13.1. The van der Waals surface area contributed by atoms with Crippen LogP contribution >= 0.6 is 11.3 Å². The lowest BCUT2D eigenvalue weighted by Gasteiger charge is -2.15. The molecule has 1 atom stereocenters. The van der Waals surface area contributed by atoms with Crippen LogP contribution in [0.3, 0.4) is 0 Å². The van der Waals surface area contributed by atoms with E-state index >= 15 is 0 Å². The molecule has 0 aliphatic carbocycles. The molecule has 0 aliphatic rings. The molecule has 0 aliphatic heterocycles. The van der Waals surface area contributed by atoms with Crippen molar-refractivity contribution < 1.29 is 0 Å². The number of anilines is 1. The summed E-state index contributed by atoms with van der Waals surface area (Å²) in [6, 6.07) is 9.10. The molecule has 0 saturated carbocycles. The van der Waals surface area contributed by atoms with Crippen LogP contribution in [0, 0.1) is 0 Å². The Labute approximate surface area is 132 Å². The molecule has 0 amide bonds. The summed E-state index contributed by atoms with van der Waals surface area (Å²) >= 11 is 1.69. The van der Waals surface area contributed by atoms with Gasteiger partial charge >= 0.3 is 0 Å². The Kier molecular flexibility index (Phi) is 6.74. The first-order valence-corrected chi connectivity index (χ1v) is 8.94. The molecule has 1 unspecified atom stereocenters. The molecule has 2 rings (SSSR count). The van der Waals surface area contributed by atoms with Crippen LogP contribution < -0.4 is 5.32 Å². The molecular formula is C18H26N2S. The van der Waals surface area contributed by atoms with Crippen molar-refractivity contribution in [2.75, 3.05) is 5.32 Å². The van der Waals surface area contributed by atoms with Crippen molar-refractivity contribution in [3.05, 3.63) is 35.8 Å². The van der Waals surface area contributed by atoms with E-state index in [1.54, 1.807) is 11.3 Å². The second-order valence-corrected chi connectivity index (χ2v) is 6.56. The second-order valence-electron chi connectivity index (χ2n) is 5.67. The predicted octanol–water partition coefficient (Wildman–Crippen LogP) is 5.97. The van der Waals surface area contributed by atoms with Crippen molar-refractivity contribution in [3.63, 3.8) is 0 Å². The molecule has 1 aromatic carbocycles. The van der Waals surface area contributed by atoms with E-state index in [1.807, 2.05) is 11.6 Å². The Balaban J connectivity index is 1.81. The molecule has 0 radical (unpaired) electrons. The number of nitrogens with zero attached hydrogens (tertiary/aromatic N) is 1. The van der Waals surface area contributed by atoms with Gasteiger partial charge in [0.25, 0.3) is 0 Å². The first-order valence-electron chi connectivity index (χ1n) is 8.06. The summed E-state index contributed by atoms with van der Waals surface area (Å²) in [5.41, 5.74) is 2.40. The van der Waals surface area contributed by atoms with Gasteiger partial charge in [-0.1, -0.05) is 51.2 Å². The van der Waals surface area contributed by atoms with Crippen molar-refractivity contribution in [2.45, 2.75) is 58.4 Å². The van der Waals surface area contributed by atoms with Crippen LogP contribution in [0.5, 0.6) is 0 Å². The lowest BCUT2D eigenvalue weighted by molar-refractivity contribution is 0.578. The van der Waals surface area contributed by atoms with Crippen molar-refractivity contribution in [3.8, 4) is 10.6 Å². The van der Waals surface area contributed by atoms with Crippen LogP contribution in [-0.4, -0.2) is 11.0 Å². The van der Waals surface area contributed by atoms with Crippen LogP contribution in [0.4, 0.5) is 5.69 Å². The molecular weight excluding hydrogens is 276 g/mol. The summed E-state index contributed by atoms with van der Waals surface area (Å²) < 4.78 is 0. The number of unbranched alkanes of at least 4 members (excludes halogenated alkanes) is 4. The van der Waals surface area contributed by atoms with Gasteiger partial charge in [0, 0.05) is 28.9 Å².